The number of Topliss-reactive ketones (excluding diaryl/α,β-unsaturated/α-hetero) is 1. The van der Waals surface area contributed by atoms with Gasteiger partial charge in [0.05, 0.1) is 17.8 Å². The van der Waals surface area contributed by atoms with Crippen LogP contribution in [-0.4, -0.2) is 49.6 Å². The number of allylic oxidation sites excluding steroid dienone is 1. The maximum absolute atomic E-state index is 14.0. The standard InChI is InChI=1S/C28H42O5/c1-15(2)16(3)24(31)19-13-26-14-23(30)28(33)22(21(26)7-6-20(26)17(19)4)9-11-27(32)12-18(29)8-10-25(27,28)5/h9,11,15-20,24,29,31-33H,6-8,10,12-14H2,1-5H3/t16-,17+,18-,19+,20+,24-,25-,26+,27-,28+/m0/s1. The van der Waals surface area contributed by atoms with E-state index in [1.165, 1.54) is 5.57 Å². The van der Waals surface area contributed by atoms with E-state index in [1.54, 1.807) is 6.08 Å². The summed E-state index contributed by atoms with van der Waals surface area (Å²) in [5.74, 6) is 1.20. The normalized spacial score (nSPS) is 50.7. The number of rotatable bonds is 3. The fraction of sp³-hybridized carbons (Fsp3) is 0.821. The van der Waals surface area contributed by atoms with E-state index in [-0.39, 0.29) is 29.5 Å². The molecule has 0 saturated heterocycles. The Bertz CT molecular complexity index is 921. The lowest BCUT2D eigenvalue weighted by Gasteiger charge is -2.60. The molecule has 4 N–H and O–H groups in total. The Labute approximate surface area is 198 Å². The van der Waals surface area contributed by atoms with E-state index in [2.05, 4.69) is 27.7 Å². The average molecular weight is 459 g/mol. The summed E-state index contributed by atoms with van der Waals surface area (Å²) in [6, 6.07) is 0. The van der Waals surface area contributed by atoms with Gasteiger partial charge in [-0.2, -0.15) is 0 Å². The molecule has 0 radical (unpaired) electrons. The van der Waals surface area contributed by atoms with Crippen molar-refractivity contribution >= 4 is 5.78 Å². The summed E-state index contributed by atoms with van der Waals surface area (Å²) < 4.78 is 0. The maximum atomic E-state index is 14.0. The zero-order valence-corrected chi connectivity index (χ0v) is 20.8. The van der Waals surface area contributed by atoms with Gasteiger partial charge in [-0.3, -0.25) is 4.79 Å². The summed E-state index contributed by atoms with van der Waals surface area (Å²) in [4.78, 5) is 14.0. The lowest BCUT2D eigenvalue weighted by atomic mass is 9.46. The maximum Gasteiger partial charge on any atom is 0.170 e. The van der Waals surface area contributed by atoms with Gasteiger partial charge in [0, 0.05) is 23.7 Å². The van der Waals surface area contributed by atoms with Gasteiger partial charge in [0.1, 0.15) is 0 Å². The fourth-order valence-electron chi connectivity index (χ4n) is 8.86. The molecule has 0 bridgehead atoms. The molecule has 3 saturated carbocycles. The van der Waals surface area contributed by atoms with Crippen LogP contribution in [0.25, 0.3) is 0 Å². The highest BCUT2D eigenvalue weighted by molar-refractivity contribution is 5.96. The highest BCUT2D eigenvalue weighted by Gasteiger charge is 2.72. The van der Waals surface area contributed by atoms with Crippen LogP contribution in [0.2, 0.25) is 0 Å². The lowest BCUT2D eigenvalue weighted by Crippen LogP contribution is -2.70. The first-order valence-corrected chi connectivity index (χ1v) is 13.1. The van der Waals surface area contributed by atoms with Crippen molar-refractivity contribution in [1.82, 2.24) is 0 Å². The third-order valence-corrected chi connectivity index (χ3v) is 11.4. The van der Waals surface area contributed by atoms with Crippen LogP contribution in [0.4, 0.5) is 0 Å². The number of ketones is 1. The Balaban J connectivity index is 1.62. The highest BCUT2D eigenvalue weighted by atomic mass is 16.3. The molecule has 0 aromatic rings. The van der Waals surface area contributed by atoms with E-state index in [9.17, 15) is 25.2 Å². The zero-order valence-electron chi connectivity index (χ0n) is 20.8. The third-order valence-electron chi connectivity index (χ3n) is 11.4. The Kier molecular flexibility index (Phi) is 5.21. The first-order valence-electron chi connectivity index (χ1n) is 13.1. The van der Waals surface area contributed by atoms with Crippen molar-refractivity contribution in [1.29, 1.82) is 0 Å². The van der Waals surface area contributed by atoms with Crippen LogP contribution in [0.15, 0.2) is 23.3 Å². The number of fused-ring (bicyclic) bond motifs is 3. The summed E-state index contributed by atoms with van der Waals surface area (Å²) in [6.07, 6.45) is 6.47. The summed E-state index contributed by atoms with van der Waals surface area (Å²) >= 11 is 0. The topological polar surface area (TPSA) is 98.0 Å². The molecule has 0 aromatic heterocycles. The Morgan fingerprint density at radius 1 is 1.12 bits per heavy atom. The van der Waals surface area contributed by atoms with Crippen LogP contribution >= 0.6 is 0 Å². The monoisotopic (exact) mass is 458 g/mol. The Morgan fingerprint density at radius 3 is 2.48 bits per heavy atom. The Morgan fingerprint density at radius 2 is 1.82 bits per heavy atom. The number of carbonyl (C=O) groups excluding carboxylic acids is 1. The van der Waals surface area contributed by atoms with Crippen molar-refractivity contribution in [3.63, 3.8) is 0 Å². The summed E-state index contributed by atoms with van der Waals surface area (Å²) in [7, 11) is 0. The van der Waals surface area contributed by atoms with Gasteiger partial charge in [0.25, 0.3) is 0 Å². The molecule has 1 spiro atoms. The minimum Gasteiger partial charge on any atom is -0.393 e. The molecule has 184 valence electrons. The van der Waals surface area contributed by atoms with Crippen molar-refractivity contribution in [2.75, 3.05) is 0 Å². The molecule has 5 rings (SSSR count). The number of aliphatic hydroxyl groups is 4. The second-order valence-corrected chi connectivity index (χ2v) is 12.8. The van der Waals surface area contributed by atoms with Gasteiger partial charge in [-0.25, -0.2) is 0 Å². The van der Waals surface area contributed by atoms with Gasteiger partial charge in [0.15, 0.2) is 11.4 Å². The smallest absolute Gasteiger partial charge is 0.170 e. The molecule has 10 atom stereocenters. The van der Waals surface area contributed by atoms with Crippen LogP contribution in [0.3, 0.4) is 0 Å². The molecular formula is C28H42O5. The molecule has 0 amide bonds. The van der Waals surface area contributed by atoms with Crippen molar-refractivity contribution in [2.24, 2.45) is 40.4 Å². The van der Waals surface area contributed by atoms with Crippen LogP contribution in [-0.2, 0) is 4.79 Å². The highest BCUT2D eigenvalue weighted by Crippen LogP contribution is 2.70. The predicted octanol–water partition coefficient (Wildman–Crippen LogP) is 3.54. The van der Waals surface area contributed by atoms with E-state index in [0.717, 1.165) is 19.3 Å². The largest absolute Gasteiger partial charge is 0.393 e. The molecule has 0 heterocycles. The van der Waals surface area contributed by atoms with Crippen molar-refractivity contribution < 1.29 is 25.2 Å². The summed E-state index contributed by atoms with van der Waals surface area (Å²) in [6.45, 7) is 10.5. The molecule has 33 heavy (non-hydrogen) atoms. The molecule has 5 heteroatoms. The van der Waals surface area contributed by atoms with Crippen LogP contribution in [0.1, 0.15) is 79.6 Å². The van der Waals surface area contributed by atoms with Gasteiger partial charge in [-0.05, 0) is 67.3 Å². The summed E-state index contributed by atoms with van der Waals surface area (Å²) in [5, 5.41) is 45.2. The van der Waals surface area contributed by atoms with Crippen molar-refractivity contribution in [2.45, 2.75) is 103 Å². The Hall–Kier alpha value is -1.01. The van der Waals surface area contributed by atoms with Crippen molar-refractivity contribution in [3.05, 3.63) is 23.3 Å². The molecule has 0 aromatic carbocycles. The number of hydrogen-bond donors (Lipinski definition) is 4. The van der Waals surface area contributed by atoms with Gasteiger partial charge >= 0.3 is 0 Å². The van der Waals surface area contributed by atoms with Gasteiger partial charge in [0.2, 0.25) is 0 Å². The SMILES string of the molecule is CC(C)[C@H](C)[C@H](O)[C@@H]1C[C@]23CC(=O)[C@]4(O)C(=C2CC[C@@H]3[C@@H]1C)C=C[C@]1(O)C[C@@H](O)CC[C@]41C. The predicted molar refractivity (Wildman–Crippen MR) is 126 cm³/mol. The second kappa shape index (κ2) is 7.25. The number of carbonyl (C=O) groups is 1. The third kappa shape index (κ3) is 2.77. The summed E-state index contributed by atoms with van der Waals surface area (Å²) in [5.41, 5.74) is -2.57. The van der Waals surface area contributed by atoms with Gasteiger partial charge in [-0.1, -0.05) is 52.3 Å². The molecule has 5 aliphatic carbocycles. The lowest BCUT2D eigenvalue weighted by molar-refractivity contribution is -0.199. The second-order valence-electron chi connectivity index (χ2n) is 12.8. The van der Waals surface area contributed by atoms with Crippen molar-refractivity contribution in [3.8, 4) is 0 Å². The zero-order chi connectivity index (χ0) is 24.1. The first-order chi connectivity index (χ1) is 15.3. The molecule has 3 fully saturated rings. The fourth-order valence-corrected chi connectivity index (χ4v) is 8.86. The van der Waals surface area contributed by atoms with Crippen LogP contribution in [0, 0.1) is 40.4 Å². The van der Waals surface area contributed by atoms with E-state index in [0.29, 0.717) is 42.6 Å². The van der Waals surface area contributed by atoms with E-state index in [4.69, 9.17) is 0 Å². The number of hydrogen-bond acceptors (Lipinski definition) is 5. The molecule has 0 unspecified atom stereocenters. The van der Waals surface area contributed by atoms with E-state index in [1.807, 2.05) is 13.0 Å². The number of aliphatic hydroxyl groups excluding tert-OH is 2. The van der Waals surface area contributed by atoms with Gasteiger partial charge in [-0.15, -0.1) is 0 Å². The first kappa shape index (κ1) is 23.7. The van der Waals surface area contributed by atoms with E-state index < -0.39 is 28.8 Å². The van der Waals surface area contributed by atoms with Gasteiger partial charge < -0.3 is 20.4 Å². The quantitative estimate of drug-likeness (QED) is 0.519. The molecular weight excluding hydrogens is 416 g/mol. The molecule has 5 aliphatic rings. The minimum atomic E-state index is -1.72. The van der Waals surface area contributed by atoms with E-state index >= 15 is 0 Å². The molecule has 0 aliphatic heterocycles. The van der Waals surface area contributed by atoms with Crippen LogP contribution in [0.5, 0.6) is 0 Å². The molecule has 5 nitrogen and oxygen atoms in total. The van der Waals surface area contributed by atoms with Crippen LogP contribution < -0.4 is 0 Å². The minimum absolute atomic E-state index is 0.143. The average Bonchev–Trinajstić information content (AvgIpc) is 3.23.